The van der Waals surface area contributed by atoms with Gasteiger partial charge in [-0.15, -0.1) is 0 Å². The fraction of sp³-hybridized carbons (Fsp3) is 0.567. The highest BCUT2D eigenvalue weighted by Crippen LogP contribution is 2.34. The first kappa shape index (κ1) is 31.1. The van der Waals surface area contributed by atoms with Crippen LogP contribution < -0.4 is 10.6 Å². The van der Waals surface area contributed by atoms with Gasteiger partial charge in [0, 0.05) is 42.2 Å². The van der Waals surface area contributed by atoms with Crippen molar-refractivity contribution in [3.63, 3.8) is 0 Å². The Balaban J connectivity index is 2.30. The van der Waals surface area contributed by atoms with E-state index in [0.29, 0.717) is 12.0 Å². The van der Waals surface area contributed by atoms with Gasteiger partial charge < -0.3 is 24.8 Å². The Hall–Kier alpha value is -3.13. The fourth-order valence-electron chi connectivity index (χ4n) is 5.14. The molecule has 0 saturated heterocycles. The number of nitrogens with one attached hydrogen (secondary N) is 2. The molecule has 3 atom stereocenters. The van der Waals surface area contributed by atoms with Crippen molar-refractivity contribution in [3.8, 4) is 0 Å². The largest absolute Gasteiger partial charge is 0.463 e. The van der Waals surface area contributed by atoms with E-state index in [1.54, 1.807) is 38.9 Å². The number of carbonyl (C=O) groups is 3. The van der Waals surface area contributed by atoms with Crippen LogP contribution in [0.3, 0.4) is 0 Å². The van der Waals surface area contributed by atoms with Crippen molar-refractivity contribution in [3.05, 3.63) is 47.7 Å². The summed E-state index contributed by atoms with van der Waals surface area (Å²) in [5.41, 5.74) is 2.04. The first-order chi connectivity index (χ1) is 17.8. The van der Waals surface area contributed by atoms with Gasteiger partial charge in [-0.25, -0.2) is 4.79 Å². The second-order valence-electron chi connectivity index (χ2n) is 10.8. The zero-order valence-electron chi connectivity index (χ0n) is 24.7. The van der Waals surface area contributed by atoms with Crippen LogP contribution in [0, 0.1) is 5.92 Å². The number of ether oxygens (including phenoxy) is 1. The summed E-state index contributed by atoms with van der Waals surface area (Å²) >= 11 is 0. The summed E-state index contributed by atoms with van der Waals surface area (Å²) in [7, 11) is 5.48. The molecular weight excluding hydrogens is 480 g/mol. The number of fused-ring (bicyclic) bond motifs is 1. The molecule has 0 unspecified atom stereocenters. The molecule has 38 heavy (non-hydrogen) atoms. The number of aromatic nitrogens is 1. The molecule has 8 heteroatoms. The Morgan fingerprint density at radius 1 is 1.16 bits per heavy atom. The van der Waals surface area contributed by atoms with Crippen molar-refractivity contribution in [2.24, 2.45) is 13.0 Å². The number of hydrogen-bond donors (Lipinski definition) is 2. The monoisotopic (exact) mass is 526 g/mol. The highest BCUT2D eigenvalue weighted by molar-refractivity contribution is 5.93. The lowest BCUT2D eigenvalue weighted by atomic mass is 9.77. The Morgan fingerprint density at radius 2 is 1.79 bits per heavy atom. The number of rotatable bonds is 12. The van der Waals surface area contributed by atoms with Crippen LogP contribution in [-0.4, -0.2) is 66.1 Å². The topological polar surface area (TPSA) is 92.7 Å². The third-order valence-corrected chi connectivity index (χ3v) is 7.38. The van der Waals surface area contributed by atoms with E-state index in [1.165, 1.54) is 0 Å². The lowest BCUT2D eigenvalue weighted by molar-refractivity contribution is -0.139. The third kappa shape index (κ3) is 6.65. The van der Waals surface area contributed by atoms with Crippen molar-refractivity contribution >= 4 is 28.7 Å². The molecule has 1 aromatic carbocycles. The van der Waals surface area contributed by atoms with Crippen LogP contribution in [0.25, 0.3) is 10.9 Å². The van der Waals surface area contributed by atoms with Gasteiger partial charge in [0.15, 0.2) is 0 Å². The molecule has 1 aromatic heterocycles. The molecule has 0 spiro atoms. The zero-order chi connectivity index (χ0) is 28.8. The van der Waals surface area contributed by atoms with E-state index in [4.69, 9.17) is 4.74 Å². The van der Waals surface area contributed by atoms with Crippen LogP contribution in [0.4, 0.5) is 0 Å². The molecule has 0 fully saturated rings. The molecule has 0 aliphatic carbocycles. The highest BCUT2D eigenvalue weighted by Gasteiger charge is 2.39. The first-order valence-electron chi connectivity index (χ1n) is 13.5. The standard InChI is InChI=1S/C30H46N4O4/c1-11-23(28(36)34(10)25(19(3)4)17-20(5)29(37)38-12-2)32-27(35)26(31-8)30(6,7)22-18-33(9)24-16-14-13-15-21(22)24/h13-19,23,25-26,31H,11-12H2,1-10H3,(H,32,35)/b20-17+/t23-,25+,26+/m0/s1. The van der Waals surface area contributed by atoms with Gasteiger partial charge >= 0.3 is 5.97 Å². The van der Waals surface area contributed by atoms with Crippen LogP contribution in [-0.2, 0) is 31.6 Å². The second-order valence-corrected chi connectivity index (χ2v) is 10.8. The van der Waals surface area contributed by atoms with E-state index in [0.717, 1.165) is 16.5 Å². The number of nitrogens with zero attached hydrogens (tertiary/aromatic N) is 2. The van der Waals surface area contributed by atoms with Crippen LogP contribution in [0.5, 0.6) is 0 Å². The molecule has 1 heterocycles. The lowest BCUT2D eigenvalue weighted by Gasteiger charge is -2.36. The summed E-state index contributed by atoms with van der Waals surface area (Å²) in [5, 5.41) is 7.30. The third-order valence-electron chi connectivity index (χ3n) is 7.38. The molecule has 2 aromatic rings. The van der Waals surface area contributed by atoms with Crippen molar-refractivity contribution in [1.82, 2.24) is 20.1 Å². The predicted molar refractivity (Wildman–Crippen MR) is 153 cm³/mol. The molecule has 8 nitrogen and oxygen atoms in total. The molecule has 2 amide bonds. The summed E-state index contributed by atoms with van der Waals surface area (Å²) in [6.07, 6.45) is 4.28. The van der Waals surface area contributed by atoms with Gasteiger partial charge in [-0.2, -0.15) is 0 Å². The fourth-order valence-corrected chi connectivity index (χ4v) is 5.14. The normalized spacial score (nSPS) is 14.8. The van der Waals surface area contributed by atoms with Gasteiger partial charge in [0.05, 0.1) is 18.7 Å². The van der Waals surface area contributed by atoms with Crippen LogP contribution >= 0.6 is 0 Å². The van der Waals surface area contributed by atoms with Crippen molar-refractivity contribution in [1.29, 1.82) is 0 Å². The number of aryl methyl sites for hydroxylation is 1. The minimum absolute atomic E-state index is 0.0527. The minimum atomic E-state index is -0.704. The molecule has 0 aliphatic heterocycles. The molecule has 210 valence electrons. The maximum atomic E-state index is 13.7. The van der Waals surface area contributed by atoms with Crippen molar-refractivity contribution in [2.45, 2.75) is 78.4 Å². The van der Waals surface area contributed by atoms with Gasteiger partial charge in [0.25, 0.3) is 0 Å². The maximum absolute atomic E-state index is 13.7. The molecule has 0 bridgehead atoms. The summed E-state index contributed by atoms with van der Waals surface area (Å²) < 4.78 is 7.18. The molecule has 2 rings (SSSR count). The van der Waals surface area contributed by atoms with Crippen LogP contribution in [0.2, 0.25) is 0 Å². The summed E-state index contributed by atoms with van der Waals surface area (Å²) in [5.74, 6) is -0.785. The van der Waals surface area contributed by atoms with E-state index < -0.39 is 23.5 Å². The Bertz CT molecular complexity index is 1160. The van der Waals surface area contributed by atoms with E-state index in [9.17, 15) is 14.4 Å². The molecule has 0 saturated carbocycles. The Morgan fingerprint density at radius 3 is 2.34 bits per heavy atom. The van der Waals surface area contributed by atoms with Crippen molar-refractivity contribution in [2.75, 3.05) is 20.7 Å². The highest BCUT2D eigenvalue weighted by atomic mass is 16.5. The van der Waals surface area contributed by atoms with Crippen molar-refractivity contribution < 1.29 is 19.1 Å². The average Bonchev–Trinajstić information content (AvgIpc) is 3.22. The number of para-hydroxylation sites is 1. The number of likely N-dealkylation sites (N-methyl/N-ethyl adjacent to an activating group) is 2. The maximum Gasteiger partial charge on any atom is 0.333 e. The number of amides is 2. The van der Waals surface area contributed by atoms with Gasteiger partial charge in [-0.05, 0) is 44.9 Å². The first-order valence-corrected chi connectivity index (χ1v) is 13.5. The predicted octanol–water partition coefficient (Wildman–Crippen LogP) is 3.93. The number of carbonyl (C=O) groups excluding carboxylic acids is 3. The zero-order valence-corrected chi connectivity index (χ0v) is 24.7. The quantitative estimate of drug-likeness (QED) is 0.323. The second kappa shape index (κ2) is 13.1. The van der Waals surface area contributed by atoms with E-state index in [-0.39, 0.29) is 30.4 Å². The average molecular weight is 527 g/mol. The molecule has 2 N–H and O–H groups in total. The Labute approximate surface area is 227 Å². The molecule has 0 radical (unpaired) electrons. The summed E-state index contributed by atoms with van der Waals surface area (Å²) in [6.45, 7) is 13.7. The van der Waals surface area contributed by atoms with E-state index >= 15 is 0 Å². The SMILES string of the molecule is CCOC(=O)/C(C)=C/[C@H](C(C)C)N(C)C(=O)[C@H](CC)NC(=O)[C@@H](NC)C(C)(C)c1cn(C)c2ccccc12. The minimum Gasteiger partial charge on any atom is -0.463 e. The number of hydrogen-bond acceptors (Lipinski definition) is 5. The van der Waals surface area contributed by atoms with Gasteiger partial charge in [0.1, 0.15) is 6.04 Å². The molecular formula is C30H46N4O4. The van der Waals surface area contributed by atoms with Gasteiger partial charge in [0.2, 0.25) is 11.8 Å². The smallest absolute Gasteiger partial charge is 0.333 e. The number of esters is 1. The van der Waals surface area contributed by atoms with Crippen LogP contribution in [0.1, 0.15) is 60.5 Å². The Kier molecular flexibility index (Phi) is 10.7. The van der Waals surface area contributed by atoms with Gasteiger partial charge in [-0.1, -0.05) is 58.9 Å². The van der Waals surface area contributed by atoms with E-state index in [2.05, 4.69) is 33.5 Å². The summed E-state index contributed by atoms with van der Waals surface area (Å²) in [6, 6.07) is 6.53. The number of benzene rings is 1. The lowest BCUT2D eigenvalue weighted by Crippen LogP contribution is -2.58. The molecule has 0 aliphatic rings. The summed E-state index contributed by atoms with van der Waals surface area (Å²) in [4.78, 5) is 41.0. The van der Waals surface area contributed by atoms with Gasteiger partial charge in [-0.3, -0.25) is 9.59 Å². The van der Waals surface area contributed by atoms with E-state index in [1.807, 2.05) is 53.8 Å². The van der Waals surface area contributed by atoms with Crippen LogP contribution in [0.15, 0.2) is 42.1 Å².